The van der Waals surface area contributed by atoms with Gasteiger partial charge in [0.05, 0.1) is 25.9 Å². The van der Waals surface area contributed by atoms with Crippen molar-refractivity contribution in [2.24, 2.45) is 11.8 Å². The van der Waals surface area contributed by atoms with Gasteiger partial charge in [-0.05, 0) is 66.8 Å². The summed E-state index contributed by atoms with van der Waals surface area (Å²) in [6.45, 7) is 28.5. The molecule has 216 valence electrons. The average molecular weight is 555 g/mol. The number of ether oxygens (including phenoxy) is 2. The van der Waals surface area contributed by atoms with E-state index in [-0.39, 0.29) is 40.7 Å². The van der Waals surface area contributed by atoms with Crippen LogP contribution < -0.4 is 4.74 Å². The van der Waals surface area contributed by atoms with Gasteiger partial charge in [0, 0.05) is 25.0 Å². The highest BCUT2D eigenvalue weighted by atomic mass is 28.4. The zero-order valence-electron chi connectivity index (χ0n) is 26.2. The van der Waals surface area contributed by atoms with E-state index in [1.54, 1.807) is 7.11 Å². The third-order valence-electron chi connectivity index (χ3n) is 8.72. The molecular weight excluding hydrogens is 496 g/mol. The largest absolute Gasteiger partial charge is 0.497 e. The van der Waals surface area contributed by atoms with Crippen LogP contribution in [0.2, 0.25) is 36.3 Å². The van der Waals surface area contributed by atoms with Crippen LogP contribution in [0.4, 0.5) is 0 Å². The first kappa shape index (κ1) is 34.3. The van der Waals surface area contributed by atoms with Gasteiger partial charge in [0.25, 0.3) is 0 Å². The maximum absolute atomic E-state index is 10.1. The summed E-state index contributed by atoms with van der Waals surface area (Å²) in [6, 6.07) is 8.06. The molecule has 7 heteroatoms. The summed E-state index contributed by atoms with van der Waals surface area (Å²) in [5.74, 6) is 0.998. The lowest BCUT2D eigenvalue weighted by atomic mass is 9.87. The average Bonchev–Trinajstić information content (AvgIpc) is 2.80. The Kier molecular flexibility index (Phi) is 13.1. The Morgan fingerprint density at radius 2 is 1.41 bits per heavy atom. The highest BCUT2D eigenvalue weighted by molar-refractivity contribution is 6.74. The molecule has 4 atom stereocenters. The second-order valence-electron chi connectivity index (χ2n) is 13.8. The standard InChI is InChI=1S/C30H58O5Si2/c1-23(21-31)28(35-37(12,13)30(6,7)8)24(2)27(15-14-20-34-36(10,11)29(3,4)5)33-22-25-16-18-26(32-9)19-17-25/h16-19,23-24,27-28,31H,14-15,20-22H2,1-13H3/t23-,24+,27+,28-/m0/s1. The third kappa shape index (κ3) is 10.4. The van der Waals surface area contributed by atoms with Gasteiger partial charge in [-0.2, -0.15) is 0 Å². The highest BCUT2D eigenvalue weighted by Crippen LogP contribution is 2.40. The number of methoxy groups -OCH3 is 1. The summed E-state index contributed by atoms with van der Waals surface area (Å²) in [7, 11) is -2.14. The van der Waals surface area contributed by atoms with Crippen molar-refractivity contribution in [1.82, 2.24) is 0 Å². The molecule has 0 unspecified atom stereocenters. The van der Waals surface area contributed by atoms with Gasteiger partial charge in [0.1, 0.15) is 5.75 Å². The van der Waals surface area contributed by atoms with Crippen LogP contribution in [0.25, 0.3) is 0 Å². The zero-order chi connectivity index (χ0) is 28.7. The van der Waals surface area contributed by atoms with Crippen molar-refractivity contribution in [3.8, 4) is 5.75 Å². The molecular formula is C30H58O5Si2. The number of benzene rings is 1. The third-order valence-corrected chi connectivity index (χ3v) is 17.7. The monoisotopic (exact) mass is 554 g/mol. The molecule has 1 rings (SSSR count). The van der Waals surface area contributed by atoms with Crippen LogP contribution in [0.15, 0.2) is 24.3 Å². The molecule has 0 aromatic heterocycles. The summed E-state index contributed by atoms with van der Waals surface area (Å²) in [5.41, 5.74) is 1.12. The highest BCUT2D eigenvalue weighted by Gasteiger charge is 2.43. The fraction of sp³-hybridized carbons (Fsp3) is 0.800. The van der Waals surface area contributed by atoms with E-state index in [1.807, 2.05) is 12.1 Å². The lowest BCUT2D eigenvalue weighted by molar-refractivity contribution is -0.0596. The van der Waals surface area contributed by atoms with Crippen molar-refractivity contribution in [1.29, 1.82) is 0 Å². The molecule has 0 bridgehead atoms. The molecule has 0 aliphatic rings. The molecule has 0 heterocycles. The van der Waals surface area contributed by atoms with Crippen LogP contribution in [-0.4, -0.2) is 54.3 Å². The van der Waals surface area contributed by atoms with Gasteiger partial charge < -0.3 is 23.4 Å². The van der Waals surface area contributed by atoms with E-state index >= 15 is 0 Å². The van der Waals surface area contributed by atoms with E-state index in [1.165, 1.54) is 0 Å². The fourth-order valence-corrected chi connectivity index (χ4v) is 6.39. The topological polar surface area (TPSA) is 57.2 Å². The van der Waals surface area contributed by atoms with Gasteiger partial charge in [0.15, 0.2) is 16.6 Å². The maximum atomic E-state index is 10.1. The molecule has 0 fully saturated rings. The Labute approximate surface area is 230 Å². The van der Waals surface area contributed by atoms with E-state index in [0.717, 1.165) is 30.8 Å². The Morgan fingerprint density at radius 3 is 1.86 bits per heavy atom. The Morgan fingerprint density at radius 1 is 0.865 bits per heavy atom. The first-order valence-corrected chi connectivity index (χ1v) is 19.8. The number of hydrogen-bond acceptors (Lipinski definition) is 5. The van der Waals surface area contributed by atoms with Gasteiger partial charge in [-0.15, -0.1) is 0 Å². The van der Waals surface area contributed by atoms with E-state index in [2.05, 4.69) is 93.7 Å². The van der Waals surface area contributed by atoms with Crippen LogP contribution in [0.5, 0.6) is 5.75 Å². The van der Waals surface area contributed by atoms with Crippen molar-refractivity contribution < 1.29 is 23.4 Å². The van der Waals surface area contributed by atoms with Gasteiger partial charge in [0.2, 0.25) is 0 Å². The molecule has 5 nitrogen and oxygen atoms in total. The van der Waals surface area contributed by atoms with E-state index in [0.29, 0.717) is 6.61 Å². The SMILES string of the molecule is COc1ccc(CO[C@H](CCCO[Si](C)(C)C(C)(C)C)[C@@H](C)[C@@H](O[Si](C)(C)C(C)(C)C)[C@@H](C)CO)cc1. The second kappa shape index (κ2) is 14.1. The lowest BCUT2D eigenvalue weighted by Gasteiger charge is -2.44. The maximum Gasteiger partial charge on any atom is 0.192 e. The summed E-state index contributed by atoms with van der Waals surface area (Å²) in [6.07, 6.45) is 1.74. The van der Waals surface area contributed by atoms with Crippen molar-refractivity contribution in [2.45, 2.75) is 123 Å². The molecule has 0 saturated heterocycles. The first-order valence-electron chi connectivity index (χ1n) is 14.0. The van der Waals surface area contributed by atoms with E-state index in [4.69, 9.17) is 18.3 Å². The molecule has 1 N–H and O–H groups in total. The molecule has 1 aromatic rings. The molecule has 0 aliphatic heterocycles. The van der Waals surface area contributed by atoms with Gasteiger partial charge in [-0.3, -0.25) is 0 Å². The quantitative estimate of drug-likeness (QED) is 0.176. The fourth-order valence-electron chi connectivity index (χ4n) is 3.83. The van der Waals surface area contributed by atoms with Crippen LogP contribution in [0.1, 0.15) is 73.8 Å². The summed E-state index contributed by atoms with van der Waals surface area (Å²) in [5, 5.41) is 10.4. The first-order chi connectivity index (χ1) is 16.9. The number of rotatable bonds is 15. The molecule has 0 radical (unpaired) electrons. The molecule has 0 aliphatic carbocycles. The van der Waals surface area contributed by atoms with Crippen molar-refractivity contribution in [3.05, 3.63) is 29.8 Å². The summed E-state index contributed by atoms with van der Waals surface area (Å²) in [4.78, 5) is 0. The van der Waals surface area contributed by atoms with E-state index in [9.17, 15) is 5.11 Å². The zero-order valence-corrected chi connectivity index (χ0v) is 28.2. The van der Waals surface area contributed by atoms with Crippen molar-refractivity contribution in [2.75, 3.05) is 20.3 Å². The van der Waals surface area contributed by atoms with E-state index < -0.39 is 16.6 Å². The van der Waals surface area contributed by atoms with Gasteiger partial charge in [-0.1, -0.05) is 67.5 Å². The number of hydrogen-bond donors (Lipinski definition) is 1. The Hall–Kier alpha value is -0.706. The Bertz CT molecular complexity index is 781. The number of aliphatic hydroxyl groups is 1. The van der Waals surface area contributed by atoms with Crippen LogP contribution in [0.3, 0.4) is 0 Å². The smallest absolute Gasteiger partial charge is 0.192 e. The van der Waals surface area contributed by atoms with Gasteiger partial charge >= 0.3 is 0 Å². The molecule has 1 aromatic carbocycles. The minimum absolute atomic E-state index is 0.00566. The van der Waals surface area contributed by atoms with Gasteiger partial charge in [-0.25, -0.2) is 0 Å². The predicted molar refractivity (Wildman–Crippen MR) is 161 cm³/mol. The lowest BCUT2D eigenvalue weighted by Crippen LogP contribution is -2.50. The van der Waals surface area contributed by atoms with Crippen LogP contribution >= 0.6 is 0 Å². The summed E-state index contributed by atoms with van der Waals surface area (Å²) < 4.78 is 25.3. The van der Waals surface area contributed by atoms with Crippen LogP contribution in [0, 0.1) is 11.8 Å². The second-order valence-corrected chi connectivity index (χ2v) is 23.4. The molecule has 0 saturated carbocycles. The minimum atomic E-state index is -2.04. The predicted octanol–water partition coefficient (Wildman–Crippen LogP) is 8.04. The number of aliphatic hydroxyl groups excluding tert-OH is 1. The summed E-state index contributed by atoms with van der Waals surface area (Å²) >= 11 is 0. The molecule has 0 amide bonds. The molecule has 37 heavy (non-hydrogen) atoms. The van der Waals surface area contributed by atoms with Crippen molar-refractivity contribution >= 4 is 16.6 Å². The van der Waals surface area contributed by atoms with Crippen molar-refractivity contribution in [3.63, 3.8) is 0 Å². The minimum Gasteiger partial charge on any atom is -0.497 e. The van der Waals surface area contributed by atoms with Crippen LogP contribution in [-0.2, 0) is 20.2 Å². The Balaban J connectivity index is 3.08. The molecule has 0 spiro atoms. The normalized spacial score (nSPS) is 16.8.